The fourth-order valence-electron chi connectivity index (χ4n) is 2.37. The van der Waals surface area contributed by atoms with Crippen LogP contribution in [0.5, 0.6) is 0 Å². The third-order valence-electron chi connectivity index (χ3n) is 3.44. The number of carbonyl (C=O) groups is 2. The largest absolute Gasteiger partial charge is 0.368 e. The lowest BCUT2D eigenvalue weighted by molar-refractivity contribution is -0.137. The van der Waals surface area contributed by atoms with Crippen LogP contribution in [0.1, 0.15) is 39.5 Å². The molecule has 0 radical (unpaired) electrons. The van der Waals surface area contributed by atoms with E-state index in [-0.39, 0.29) is 18.5 Å². The average Bonchev–Trinajstić information content (AvgIpc) is 2.34. The second-order valence-corrected chi connectivity index (χ2v) is 5.33. The van der Waals surface area contributed by atoms with E-state index in [1.807, 2.05) is 13.8 Å². The van der Waals surface area contributed by atoms with E-state index in [2.05, 4.69) is 5.32 Å². The highest BCUT2D eigenvalue weighted by atomic mass is 16.2. The molecule has 0 aromatic carbocycles. The van der Waals surface area contributed by atoms with Crippen LogP contribution in [0.2, 0.25) is 0 Å². The van der Waals surface area contributed by atoms with Crippen LogP contribution >= 0.6 is 0 Å². The number of amides is 2. The van der Waals surface area contributed by atoms with Crippen LogP contribution in [-0.4, -0.2) is 42.4 Å². The van der Waals surface area contributed by atoms with Crippen LogP contribution in [0.4, 0.5) is 0 Å². The molecular formula is C13H25N3O2. The van der Waals surface area contributed by atoms with Gasteiger partial charge in [0.05, 0.1) is 6.54 Å². The van der Waals surface area contributed by atoms with Crippen LogP contribution in [0.25, 0.3) is 0 Å². The van der Waals surface area contributed by atoms with Crippen molar-refractivity contribution < 1.29 is 9.59 Å². The minimum absolute atomic E-state index is 0.0227. The molecule has 1 aliphatic heterocycles. The standard InChI is InChI=1S/C13H25N3O2/c1-10(2)16(9-12(14)17)13(18)6-5-11-4-3-7-15-8-11/h10-11,15H,3-9H2,1-2H3,(H2,14,17). The molecule has 104 valence electrons. The van der Waals surface area contributed by atoms with E-state index >= 15 is 0 Å². The maximum Gasteiger partial charge on any atom is 0.237 e. The van der Waals surface area contributed by atoms with Gasteiger partial charge in [-0.3, -0.25) is 9.59 Å². The Balaban J connectivity index is 2.38. The van der Waals surface area contributed by atoms with Crippen molar-refractivity contribution in [2.75, 3.05) is 19.6 Å². The SMILES string of the molecule is CC(C)N(CC(N)=O)C(=O)CCC1CCCNC1. The van der Waals surface area contributed by atoms with Gasteiger partial charge in [0.25, 0.3) is 0 Å². The van der Waals surface area contributed by atoms with Crippen molar-refractivity contribution in [3.63, 3.8) is 0 Å². The van der Waals surface area contributed by atoms with Gasteiger partial charge in [0, 0.05) is 12.5 Å². The second kappa shape index (κ2) is 7.36. The summed E-state index contributed by atoms with van der Waals surface area (Å²) in [7, 11) is 0. The number of rotatable bonds is 6. The number of nitrogens with one attached hydrogen (secondary N) is 1. The first-order valence-electron chi connectivity index (χ1n) is 6.79. The number of primary amides is 1. The first kappa shape index (κ1) is 15.0. The smallest absolute Gasteiger partial charge is 0.237 e. The molecule has 0 spiro atoms. The minimum atomic E-state index is -0.448. The quantitative estimate of drug-likeness (QED) is 0.725. The van der Waals surface area contributed by atoms with Crippen molar-refractivity contribution in [2.24, 2.45) is 11.7 Å². The third kappa shape index (κ3) is 5.04. The van der Waals surface area contributed by atoms with E-state index < -0.39 is 5.91 Å². The molecule has 0 aliphatic carbocycles. The van der Waals surface area contributed by atoms with Gasteiger partial charge in [-0.15, -0.1) is 0 Å². The maximum absolute atomic E-state index is 12.1. The molecule has 0 aromatic heterocycles. The van der Waals surface area contributed by atoms with Crippen LogP contribution in [0.3, 0.4) is 0 Å². The first-order chi connectivity index (χ1) is 8.50. The van der Waals surface area contributed by atoms with Crippen molar-refractivity contribution in [3.05, 3.63) is 0 Å². The van der Waals surface area contributed by atoms with E-state index in [0.29, 0.717) is 12.3 Å². The van der Waals surface area contributed by atoms with E-state index in [9.17, 15) is 9.59 Å². The molecule has 0 bridgehead atoms. The average molecular weight is 255 g/mol. The van der Waals surface area contributed by atoms with Crippen LogP contribution in [0.15, 0.2) is 0 Å². The maximum atomic E-state index is 12.1. The number of piperidine rings is 1. The monoisotopic (exact) mass is 255 g/mol. The van der Waals surface area contributed by atoms with E-state index in [1.165, 1.54) is 12.8 Å². The Morgan fingerprint density at radius 2 is 2.17 bits per heavy atom. The zero-order valence-electron chi connectivity index (χ0n) is 11.4. The molecule has 1 saturated heterocycles. The highest BCUT2D eigenvalue weighted by Gasteiger charge is 2.21. The van der Waals surface area contributed by atoms with Gasteiger partial charge < -0.3 is 16.0 Å². The van der Waals surface area contributed by atoms with Crippen molar-refractivity contribution in [1.82, 2.24) is 10.2 Å². The summed E-state index contributed by atoms with van der Waals surface area (Å²) in [5, 5.41) is 3.34. The molecule has 1 fully saturated rings. The summed E-state index contributed by atoms with van der Waals surface area (Å²) in [4.78, 5) is 24.6. The summed E-state index contributed by atoms with van der Waals surface area (Å²) >= 11 is 0. The van der Waals surface area contributed by atoms with Gasteiger partial charge in [0.1, 0.15) is 0 Å². The predicted octanol–water partition coefficient (Wildman–Crippen LogP) is 0.489. The Hall–Kier alpha value is -1.10. The molecule has 5 nitrogen and oxygen atoms in total. The zero-order chi connectivity index (χ0) is 13.5. The fraction of sp³-hybridized carbons (Fsp3) is 0.846. The van der Waals surface area contributed by atoms with Crippen molar-refractivity contribution >= 4 is 11.8 Å². The molecule has 2 amide bonds. The Kier molecular flexibility index (Phi) is 6.12. The fourth-order valence-corrected chi connectivity index (χ4v) is 2.37. The lowest BCUT2D eigenvalue weighted by Gasteiger charge is -2.27. The van der Waals surface area contributed by atoms with Gasteiger partial charge in [0.15, 0.2) is 0 Å². The number of carbonyl (C=O) groups excluding carboxylic acids is 2. The molecule has 0 saturated carbocycles. The molecular weight excluding hydrogens is 230 g/mol. The number of hydrogen-bond donors (Lipinski definition) is 2. The summed E-state index contributed by atoms with van der Waals surface area (Å²) in [5.74, 6) is 0.177. The van der Waals surface area contributed by atoms with Crippen LogP contribution in [-0.2, 0) is 9.59 Å². The summed E-state index contributed by atoms with van der Waals surface area (Å²) in [6.07, 6.45) is 3.79. The summed E-state index contributed by atoms with van der Waals surface area (Å²) in [6, 6.07) is 0.0227. The Labute approximate surface area is 109 Å². The van der Waals surface area contributed by atoms with Crippen molar-refractivity contribution in [2.45, 2.75) is 45.6 Å². The highest BCUT2D eigenvalue weighted by molar-refractivity contribution is 5.84. The highest BCUT2D eigenvalue weighted by Crippen LogP contribution is 2.17. The number of hydrogen-bond acceptors (Lipinski definition) is 3. The Morgan fingerprint density at radius 1 is 1.44 bits per heavy atom. The number of nitrogens with two attached hydrogens (primary N) is 1. The lowest BCUT2D eigenvalue weighted by atomic mass is 9.94. The molecule has 1 heterocycles. The summed E-state index contributed by atoms with van der Waals surface area (Å²) < 4.78 is 0. The molecule has 18 heavy (non-hydrogen) atoms. The minimum Gasteiger partial charge on any atom is -0.368 e. The molecule has 3 N–H and O–H groups in total. The van der Waals surface area contributed by atoms with E-state index in [4.69, 9.17) is 5.73 Å². The topological polar surface area (TPSA) is 75.4 Å². The molecule has 1 aliphatic rings. The van der Waals surface area contributed by atoms with Gasteiger partial charge in [-0.05, 0) is 52.1 Å². The lowest BCUT2D eigenvalue weighted by Crippen LogP contribution is -2.43. The van der Waals surface area contributed by atoms with Crippen LogP contribution in [0, 0.1) is 5.92 Å². The van der Waals surface area contributed by atoms with Gasteiger partial charge in [-0.2, -0.15) is 0 Å². The van der Waals surface area contributed by atoms with Gasteiger partial charge in [-0.25, -0.2) is 0 Å². The molecule has 1 rings (SSSR count). The normalized spacial score (nSPS) is 19.8. The molecule has 1 atom stereocenters. The molecule has 5 heteroatoms. The second-order valence-electron chi connectivity index (χ2n) is 5.33. The first-order valence-corrected chi connectivity index (χ1v) is 6.79. The van der Waals surface area contributed by atoms with E-state index in [0.717, 1.165) is 19.5 Å². The van der Waals surface area contributed by atoms with Crippen LogP contribution < -0.4 is 11.1 Å². The van der Waals surface area contributed by atoms with Gasteiger partial charge in [-0.1, -0.05) is 0 Å². The van der Waals surface area contributed by atoms with E-state index in [1.54, 1.807) is 4.90 Å². The Bertz CT molecular complexity index is 286. The third-order valence-corrected chi connectivity index (χ3v) is 3.44. The zero-order valence-corrected chi connectivity index (χ0v) is 11.4. The number of nitrogens with zero attached hydrogens (tertiary/aromatic N) is 1. The van der Waals surface area contributed by atoms with Crippen molar-refractivity contribution in [1.29, 1.82) is 0 Å². The Morgan fingerprint density at radius 3 is 2.67 bits per heavy atom. The molecule has 0 aromatic rings. The van der Waals surface area contributed by atoms with Gasteiger partial charge >= 0.3 is 0 Å². The molecule has 1 unspecified atom stereocenters. The van der Waals surface area contributed by atoms with Gasteiger partial charge in [0.2, 0.25) is 11.8 Å². The van der Waals surface area contributed by atoms with Crippen molar-refractivity contribution in [3.8, 4) is 0 Å². The predicted molar refractivity (Wildman–Crippen MR) is 70.9 cm³/mol. The summed E-state index contributed by atoms with van der Waals surface area (Å²) in [6.45, 7) is 5.93. The summed E-state index contributed by atoms with van der Waals surface area (Å²) in [5.41, 5.74) is 5.17.